The Balaban J connectivity index is 1.49. The topological polar surface area (TPSA) is 32.5 Å². The number of allylic oxidation sites excluding steroid dienone is 1. The second-order valence-corrected chi connectivity index (χ2v) is 12.2. The summed E-state index contributed by atoms with van der Waals surface area (Å²) >= 11 is 0. The fraction of sp³-hybridized carbons (Fsp3) is 0.429. The minimum atomic E-state index is -0.0929. The average Bonchev–Trinajstić information content (AvgIpc) is 3.07. The zero-order valence-electron chi connectivity index (χ0n) is 20.6. The summed E-state index contributed by atoms with van der Waals surface area (Å²) in [7, 11) is 7.75. The number of hydrogen-bond donors (Lipinski definition) is 0. The molecule has 34 heavy (non-hydrogen) atoms. The van der Waals surface area contributed by atoms with Crippen LogP contribution in [0.5, 0.6) is 0 Å². The normalized spacial score (nSPS) is 19.4. The molecule has 4 rings (SSSR count). The van der Waals surface area contributed by atoms with E-state index in [4.69, 9.17) is 4.74 Å². The number of benzene rings is 2. The van der Waals surface area contributed by atoms with Gasteiger partial charge in [-0.25, -0.2) is 0 Å². The first-order valence-electron chi connectivity index (χ1n) is 12.0. The summed E-state index contributed by atoms with van der Waals surface area (Å²) < 4.78 is 8.06. The van der Waals surface area contributed by atoms with Gasteiger partial charge in [0.25, 0.3) is 0 Å². The quantitative estimate of drug-likeness (QED) is 0.189. The third-order valence-electron chi connectivity index (χ3n) is 6.65. The van der Waals surface area contributed by atoms with Gasteiger partial charge in [-0.1, -0.05) is 51.9 Å². The maximum atomic E-state index is 12.4. The maximum absolute atomic E-state index is 12.4. The minimum Gasteiger partial charge on any atom is -0.465 e. The smallest absolute Gasteiger partial charge is 0.309 e. The molecule has 0 saturated carbocycles. The molecular weight excluding hydrogens is 460 g/mol. The zero-order chi connectivity index (χ0) is 24.1. The summed E-state index contributed by atoms with van der Waals surface area (Å²) in [4.78, 5) is 14.5. The molecule has 0 N–H and O–H groups in total. The van der Waals surface area contributed by atoms with Gasteiger partial charge in [-0.2, -0.15) is 4.58 Å². The second-order valence-electron chi connectivity index (χ2n) is 9.61. The van der Waals surface area contributed by atoms with Gasteiger partial charge in [0.1, 0.15) is 0 Å². The van der Waals surface area contributed by atoms with Gasteiger partial charge in [0.2, 0.25) is 5.69 Å². The van der Waals surface area contributed by atoms with Crippen LogP contribution in [-0.2, 0) is 14.9 Å². The summed E-state index contributed by atoms with van der Waals surface area (Å²) in [6, 6.07) is 17.3. The number of carbonyl (C=O) groups excluding carboxylic acids is 1. The zero-order valence-corrected chi connectivity index (χ0v) is 22.3. The van der Waals surface area contributed by atoms with Crippen LogP contribution in [0.3, 0.4) is 0 Å². The van der Waals surface area contributed by atoms with E-state index in [1.54, 1.807) is 10.8 Å². The molecule has 0 bridgehead atoms. The van der Waals surface area contributed by atoms with Gasteiger partial charge in [-0.05, 0) is 44.0 Å². The molecule has 1 unspecified atom stereocenters. The van der Waals surface area contributed by atoms with E-state index in [9.17, 15) is 4.79 Å². The van der Waals surface area contributed by atoms with Crippen LogP contribution in [0.1, 0.15) is 37.8 Å². The van der Waals surface area contributed by atoms with E-state index >= 15 is 0 Å². The SMILES string of the molecule is CN(C)c1ccc(/C=C/C2=[N+](CCCOC(=O)C3CCSSC3)c3ccccc3C2(C)C)cc1. The largest absolute Gasteiger partial charge is 0.465 e. The van der Waals surface area contributed by atoms with Crippen molar-refractivity contribution in [1.82, 2.24) is 0 Å². The van der Waals surface area contributed by atoms with Crippen LogP contribution in [0, 0.1) is 5.92 Å². The Morgan fingerprint density at radius 3 is 2.59 bits per heavy atom. The summed E-state index contributed by atoms with van der Waals surface area (Å²) in [5.41, 5.74) is 6.15. The Labute approximate surface area is 211 Å². The molecule has 0 aromatic heterocycles. The van der Waals surface area contributed by atoms with Crippen LogP contribution in [0.15, 0.2) is 54.6 Å². The van der Waals surface area contributed by atoms with E-state index in [1.165, 1.54) is 28.2 Å². The third-order valence-corrected chi connectivity index (χ3v) is 9.16. The summed E-state index contributed by atoms with van der Waals surface area (Å²) in [6.45, 7) is 5.87. The van der Waals surface area contributed by atoms with Crippen LogP contribution in [0.2, 0.25) is 0 Å². The van der Waals surface area contributed by atoms with Gasteiger partial charge in [-0.3, -0.25) is 4.79 Å². The number of carbonyl (C=O) groups is 1. The summed E-state index contributed by atoms with van der Waals surface area (Å²) in [5, 5.41) is 0. The standard InChI is InChI=1S/C28H35N2O2S2/c1-28(2)24-8-5-6-9-25(24)30(17-7-18-32-27(31)22-16-19-33-34-20-22)26(28)15-12-21-10-13-23(14-11-21)29(3)4/h5-6,8-15,22H,7,16-20H2,1-4H3/q+1. The molecule has 180 valence electrons. The van der Waals surface area contributed by atoms with Crippen molar-refractivity contribution in [2.75, 3.05) is 43.7 Å². The van der Waals surface area contributed by atoms with Gasteiger partial charge in [0, 0.05) is 55.4 Å². The monoisotopic (exact) mass is 495 g/mol. The van der Waals surface area contributed by atoms with E-state index in [2.05, 4.69) is 98.1 Å². The number of hydrogen-bond acceptors (Lipinski definition) is 5. The molecule has 1 saturated heterocycles. The molecule has 4 nitrogen and oxygen atoms in total. The Morgan fingerprint density at radius 1 is 1.12 bits per heavy atom. The van der Waals surface area contributed by atoms with Crippen LogP contribution in [0.4, 0.5) is 11.4 Å². The molecule has 0 spiro atoms. The van der Waals surface area contributed by atoms with Crippen molar-refractivity contribution >= 4 is 50.7 Å². The van der Waals surface area contributed by atoms with Crippen molar-refractivity contribution in [3.8, 4) is 0 Å². The van der Waals surface area contributed by atoms with Gasteiger partial charge in [0.05, 0.1) is 17.9 Å². The first-order chi connectivity index (χ1) is 16.4. The number of esters is 1. The van der Waals surface area contributed by atoms with E-state index < -0.39 is 0 Å². The highest BCUT2D eigenvalue weighted by Crippen LogP contribution is 2.40. The number of nitrogens with zero attached hydrogens (tertiary/aromatic N) is 2. The van der Waals surface area contributed by atoms with Gasteiger partial charge in [0.15, 0.2) is 12.3 Å². The van der Waals surface area contributed by atoms with Crippen LogP contribution >= 0.6 is 21.6 Å². The van der Waals surface area contributed by atoms with Crippen molar-refractivity contribution in [1.29, 1.82) is 0 Å². The molecule has 2 aromatic carbocycles. The average molecular weight is 496 g/mol. The first kappa shape index (κ1) is 24.9. The molecule has 2 aromatic rings. The lowest BCUT2D eigenvalue weighted by molar-refractivity contribution is -0.438. The number of anilines is 1. The molecule has 0 radical (unpaired) electrons. The highest BCUT2D eigenvalue weighted by Gasteiger charge is 2.43. The van der Waals surface area contributed by atoms with E-state index in [-0.39, 0.29) is 17.3 Å². The van der Waals surface area contributed by atoms with Crippen LogP contribution < -0.4 is 4.90 Å². The molecule has 1 atom stereocenters. The number of para-hydroxylation sites is 1. The summed E-state index contributed by atoms with van der Waals surface area (Å²) in [5.74, 6) is 1.93. The fourth-order valence-corrected chi connectivity index (χ4v) is 7.09. The Morgan fingerprint density at radius 2 is 1.88 bits per heavy atom. The Kier molecular flexibility index (Phi) is 8.10. The molecular formula is C28H35N2O2S2+. The number of rotatable bonds is 8. The highest BCUT2D eigenvalue weighted by molar-refractivity contribution is 8.76. The third kappa shape index (κ3) is 5.55. The van der Waals surface area contributed by atoms with Gasteiger partial charge in [-0.15, -0.1) is 0 Å². The Hall–Kier alpha value is -2.18. The summed E-state index contributed by atoms with van der Waals surface area (Å²) in [6.07, 6.45) is 6.20. The van der Waals surface area contributed by atoms with E-state index in [1.807, 2.05) is 10.8 Å². The van der Waals surface area contributed by atoms with Crippen molar-refractivity contribution < 1.29 is 14.1 Å². The highest BCUT2D eigenvalue weighted by atomic mass is 33.1. The number of ether oxygens (including phenoxy) is 1. The first-order valence-corrected chi connectivity index (χ1v) is 14.5. The second kappa shape index (κ2) is 11.0. The fourth-order valence-electron chi connectivity index (χ4n) is 4.60. The maximum Gasteiger partial charge on any atom is 0.309 e. The van der Waals surface area contributed by atoms with Crippen molar-refractivity contribution in [3.63, 3.8) is 0 Å². The number of fused-ring (bicyclic) bond motifs is 1. The van der Waals surface area contributed by atoms with Crippen molar-refractivity contribution in [2.24, 2.45) is 5.92 Å². The van der Waals surface area contributed by atoms with Crippen molar-refractivity contribution in [3.05, 3.63) is 65.7 Å². The predicted molar refractivity (Wildman–Crippen MR) is 148 cm³/mol. The lowest BCUT2D eigenvalue weighted by Crippen LogP contribution is -2.28. The molecule has 2 aliphatic rings. The lowest BCUT2D eigenvalue weighted by Gasteiger charge is -2.18. The van der Waals surface area contributed by atoms with Gasteiger partial charge >= 0.3 is 5.97 Å². The molecule has 6 heteroatoms. The molecule has 0 aliphatic carbocycles. The Bertz CT molecular complexity index is 1070. The lowest BCUT2D eigenvalue weighted by atomic mass is 9.81. The van der Waals surface area contributed by atoms with Crippen molar-refractivity contribution in [2.45, 2.75) is 32.1 Å². The van der Waals surface area contributed by atoms with Crippen LogP contribution in [-0.4, -0.2) is 55.0 Å². The van der Waals surface area contributed by atoms with E-state index in [0.717, 1.165) is 30.9 Å². The molecule has 1 fully saturated rings. The molecule has 0 amide bonds. The minimum absolute atomic E-state index is 0.0276. The predicted octanol–water partition coefficient (Wildman–Crippen LogP) is 6.18. The van der Waals surface area contributed by atoms with Crippen LogP contribution in [0.25, 0.3) is 6.08 Å². The van der Waals surface area contributed by atoms with E-state index in [0.29, 0.717) is 6.61 Å². The van der Waals surface area contributed by atoms with Gasteiger partial charge < -0.3 is 9.64 Å². The molecule has 2 heterocycles. The molecule has 2 aliphatic heterocycles.